The Kier molecular flexibility index (Phi) is 5.17. The maximum atomic E-state index is 12.1. The lowest BCUT2D eigenvalue weighted by Crippen LogP contribution is -2.45. The van der Waals surface area contributed by atoms with Gasteiger partial charge in [-0.1, -0.05) is 42.5 Å². The molecule has 0 spiro atoms. The van der Waals surface area contributed by atoms with E-state index in [0.717, 1.165) is 19.5 Å². The Morgan fingerprint density at radius 1 is 1.21 bits per heavy atom. The summed E-state index contributed by atoms with van der Waals surface area (Å²) in [6.07, 6.45) is 0.864. The van der Waals surface area contributed by atoms with Crippen molar-refractivity contribution in [2.75, 3.05) is 13.6 Å². The summed E-state index contributed by atoms with van der Waals surface area (Å²) in [4.78, 5) is 14.4. The van der Waals surface area contributed by atoms with Gasteiger partial charge >= 0.3 is 0 Å². The van der Waals surface area contributed by atoms with E-state index in [2.05, 4.69) is 71.8 Å². The van der Waals surface area contributed by atoms with Crippen molar-refractivity contribution in [1.82, 2.24) is 15.5 Å². The van der Waals surface area contributed by atoms with Gasteiger partial charge in [-0.15, -0.1) is 0 Å². The normalized spacial score (nSPS) is 21.5. The average Bonchev–Trinajstić information content (AvgIpc) is 3.04. The largest absolute Gasteiger partial charge is 0.358 e. The second-order valence-corrected chi connectivity index (χ2v) is 6.87. The molecular weight excluding hydrogens is 298 g/mol. The molecule has 1 saturated heterocycles. The fourth-order valence-electron chi connectivity index (χ4n) is 3.70. The zero-order valence-electron chi connectivity index (χ0n) is 14.8. The Hall–Kier alpha value is -1.91. The molecule has 4 heteroatoms. The average molecular weight is 325 g/mol. The van der Waals surface area contributed by atoms with Gasteiger partial charge < -0.3 is 10.6 Å². The van der Waals surface area contributed by atoms with Crippen LogP contribution in [0.2, 0.25) is 0 Å². The van der Waals surface area contributed by atoms with Gasteiger partial charge in [0.05, 0.1) is 6.04 Å². The van der Waals surface area contributed by atoms with Crippen molar-refractivity contribution in [2.24, 2.45) is 0 Å². The van der Waals surface area contributed by atoms with E-state index in [1.165, 1.54) is 16.3 Å². The first-order valence-corrected chi connectivity index (χ1v) is 8.77. The van der Waals surface area contributed by atoms with Crippen molar-refractivity contribution in [3.8, 4) is 0 Å². The van der Waals surface area contributed by atoms with Crippen LogP contribution in [0, 0.1) is 0 Å². The van der Waals surface area contributed by atoms with Gasteiger partial charge in [-0.05, 0) is 36.6 Å². The van der Waals surface area contributed by atoms with Gasteiger partial charge in [-0.25, -0.2) is 0 Å². The maximum Gasteiger partial charge on any atom is 0.237 e. The van der Waals surface area contributed by atoms with E-state index in [1.54, 1.807) is 7.05 Å². The van der Waals surface area contributed by atoms with Crippen LogP contribution in [0.1, 0.15) is 25.8 Å². The molecule has 0 aromatic heterocycles. The summed E-state index contributed by atoms with van der Waals surface area (Å²) >= 11 is 0. The minimum atomic E-state index is -0.0278. The van der Waals surface area contributed by atoms with E-state index in [9.17, 15) is 4.79 Å². The van der Waals surface area contributed by atoms with Gasteiger partial charge in [0, 0.05) is 32.2 Å². The summed E-state index contributed by atoms with van der Waals surface area (Å²) in [5.74, 6) is 0.123. The first-order chi connectivity index (χ1) is 11.6. The summed E-state index contributed by atoms with van der Waals surface area (Å²) in [6, 6.07) is 15.6. The van der Waals surface area contributed by atoms with Crippen LogP contribution in [0.5, 0.6) is 0 Å². The molecule has 1 amide bonds. The van der Waals surface area contributed by atoms with Crippen molar-refractivity contribution in [3.05, 3.63) is 48.0 Å². The van der Waals surface area contributed by atoms with Crippen LogP contribution in [0.15, 0.2) is 42.5 Å². The number of nitrogens with zero attached hydrogens (tertiary/aromatic N) is 1. The van der Waals surface area contributed by atoms with Gasteiger partial charge in [0.25, 0.3) is 0 Å². The molecular formula is C20H27N3O. The number of benzene rings is 2. The van der Waals surface area contributed by atoms with Crippen molar-refractivity contribution < 1.29 is 4.79 Å². The number of hydrogen-bond donors (Lipinski definition) is 2. The van der Waals surface area contributed by atoms with Crippen molar-refractivity contribution >= 4 is 16.7 Å². The van der Waals surface area contributed by atoms with Gasteiger partial charge in [0.1, 0.15) is 0 Å². The predicted octanol–water partition coefficient (Wildman–Crippen LogP) is 2.53. The molecule has 0 radical (unpaired) electrons. The van der Waals surface area contributed by atoms with Crippen LogP contribution >= 0.6 is 0 Å². The Morgan fingerprint density at radius 2 is 1.96 bits per heavy atom. The third-order valence-corrected chi connectivity index (χ3v) is 5.01. The lowest BCUT2D eigenvalue weighted by molar-refractivity contribution is -0.125. The fourth-order valence-corrected chi connectivity index (χ4v) is 3.70. The van der Waals surface area contributed by atoms with Crippen LogP contribution in [-0.2, 0) is 11.3 Å². The highest BCUT2D eigenvalue weighted by Crippen LogP contribution is 2.23. The number of rotatable bonds is 5. The maximum absolute atomic E-state index is 12.1. The van der Waals surface area contributed by atoms with Crippen LogP contribution in [0.3, 0.4) is 0 Å². The third kappa shape index (κ3) is 3.45. The summed E-state index contributed by atoms with van der Waals surface area (Å²) in [5.41, 5.74) is 1.31. The number of hydrogen-bond acceptors (Lipinski definition) is 3. The van der Waals surface area contributed by atoms with Crippen molar-refractivity contribution in [2.45, 2.75) is 44.9 Å². The summed E-state index contributed by atoms with van der Waals surface area (Å²) < 4.78 is 0. The molecule has 3 rings (SSSR count). The Morgan fingerprint density at radius 3 is 2.71 bits per heavy atom. The Bertz CT molecular complexity index is 708. The van der Waals surface area contributed by atoms with E-state index in [0.29, 0.717) is 12.1 Å². The summed E-state index contributed by atoms with van der Waals surface area (Å²) in [5, 5.41) is 9.04. The summed E-state index contributed by atoms with van der Waals surface area (Å²) in [6.45, 7) is 6.06. The number of fused-ring (bicyclic) bond motifs is 1. The number of likely N-dealkylation sites (N-methyl/N-ethyl adjacent to an activating group) is 1. The predicted molar refractivity (Wildman–Crippen MR) is 98.9 cm³/mol. The molecule has 24 heavy (non-hydrogen) atoms. The van der Waals surface area contributed by atoms with Gasteiger partial charge in [0.15, 0.2) is 0 Å². The van der Waals surface area contributed by atoms with Crippen LogP contribution < -0.4 is 10.6 Å². The molecule has 0 unspecified atom stereocenters. The summed E-state index contributed by atoms with van der Waals surface area (Å²) in [7, 11) is 1.72. The number of carbonyl (C=O) groups is 1. The van der Waals surface area contributed by atoms with Crippen LogP contribution in [-0.4, -0.2) is 42.5 Å². The second kappa shape index (κ2) is 7.32. The van der Waals surface area contributed by atoms with Crippen molar-refractivity contribution in [1.29, 1.82) is 0 Å². The van der Waals surface area contributed by atoms with Gasteiger partial charge in [0.2, 0.25) is 5.91 Å². The van der Waals surface area contributed by atoms with E-state index in [-0.39, 0.29) is 11.9 Å². The highest BCUT2D eigenvalue weighted by molar-refractivity contribution is 5.85. The lowest BCUT2D eigenvalue weighted by atomic mass is 10.0. The molecule has 4 nitrogen and oxygen atoms in total. The first kappa shape index (κ1) is 16.9. The van der Waals surface area contributed by atoms with Gasteiger partial charge in [-0.3, -0.25) is 9.69 Å². The monoisotopic (exact) mass is 325 g/mol. The number of nitrogens with one attached hydrogen (secondary N) is 2. The Labute approximate surface area is 144 Å². The minimum Gasteiger partial charge on any atom is -0.358 e. The molecule has 2 N–H and O–H groups in total. The topological polar surface area (TPSA) is 44.4 Å². The third-order valence-electron chi connectivity index (χ3n) is 5.01. The molecule has 0 aliphatic carbocycles. The smallest absolute Gasteiger partial charge is 0.237 e. The van der Waals surface area contributed by atoms with E-state index in [4.69, 9.17) is 0 Å². The van der Waals surface area contributed by atoms with E-state index in [1.807, 2.05) is 0 Å². The van der Waals surface area contributed by atoms with Crippen LogP contribution in [0.25, 0.3) is 10.8 Å². The van der Waals surface area contributed by atoms with Gasteiger partial charge in [-0.2, -0.15) is 0 Å². The minimum absolute atomic E-state index is 0.0278. The zero-order chi connectivity index (χ0) is 17.1. The standard InChI is InChI=1S/C20H27N3O/c1-14(2)23-13-17(11-19(23)20(24)21-3)22-12-16-9-6-8-15-7-4-5-10-18(15)16/h4-10,14,17,19,22H,11-13H2,1-3H3,(H,21,24)/t17-,19-/m0/s1. The van der Waals surface area contributed by atoms with Crippen LogP contribution in [0.4, 0.5) is 0 Å². The zero-order valence-corrected chi connectivity index (χ0v) is 14.8. The fraction of sp³-hybridized carbons (Fsp3) is 0.450. The van der Waals surface area contributed by atoms with E-state index >= 15 is 0 Å². The quantitative estimate of drug-likeness (QED) is 0.888. The molecule has 128 valence electrons. The first-order valence-electron chi connectivity index (χ1n) is 8.77. The SMILES string of the molecule is CNC(=O)[C@@H]1C[C@H](NCc2cccc3ccccc23)CN1C(C)C. The molecule has 1 aliphatic rings. The molecule has 1 fully saturated rings. The molecule has 1 heterocycles. The molecule has 2 atom stereocenters. The molecule has 0 saturated carbocycles. The number of amides is 1. The molecule has 2 aromatic carbocycles. The van der Waals surface area contributed by atoms with E-state index < -0.39 is 0 Å². The number of likely N-dealkylation sites (tertiary alicyclic amines) is 1. The highest BCUT2D eigenvalue weighted by atomic mass is 16.2. The molecule has 0 bridgehead atoms. The highest BCUT2D eigenvalue weighted by Gasteiger charge is 2.37. The lowest BCUT2D eigenvalue weighted by Gasteiger charge is -2.26. The molecule has 1 aliphatic heterocycles. The Balaban J connectivity index is 1.69. The second-order valence-electron chi connectivity index (χ2n) is 6.87. The van der Waals surface area contributed by atoms with Crippen molar-refractivity contribution in [3.63, 3.8) is 0 Å². The number of carbonyl (C=O) groups excluding carboxylic acids is 1. The molecule has 2 aromatic rings.